The topological polar surface area (TPSA) is 80.5 Å². The van der Waals surface area contributed by atoms with Crippen molar-refractivity contribution in [2.75, 3.05) is 29.2 Å². The Hall–Kier alpha value is -1.83. The van der Waals surface area contributed by atoms with Crippen molar-refractivity contribution in [3.63, 3.8) is 0 Å². The van der Waals surface area contributed by atoms with Crippen LogP contribution in [0.25, 0.3) is 5.95 Å². The molecule has 8 heteroatoms. The molecule has 0 spiro atoms. The fourth-order valence-corrected chi connectivity index (χ4v) is 2.26. The van der Waals surface area contributed by atoms with Crippen LogP contribution in [-0.2, 0) is 0 Å². The minimum atomic E-state index is 0.294. The molecular formula is C12H19N7S. The van der Waals surface area contributed by atoms with Crippen molar-refractivity contribution in [1.29, 1.82) is 0 Å². The molecule has 1 atom stereocenters. The fourth-order valence-electron chi connectivity index (χ4n) is 1.59. The van der Waals surface area contributed by atoms with Gasteiger partial charge in [-0.3, -0.25) is 4.57 Å². The van der Waals surface area contributed by atoms with Crippen molar-refractivity contribution in [1.82, 2.24) is 24.5 Å². The average molecular weight is 293 g/mol. The Labute approximate surface area is 122 Å². The second-order valence-corrected chi connectivity index (χ2v) is 5.53. The van der Waals surface area contributed by atoms with Gasteiger partial charge in [0.25, 0.3) is 0 Å². The van der Waals surface area contributed by atoms with Crippen LogP contribution in [0.4, 0.5) is 11.9 Å². The van der Waals surface area contributed by atoms with E-state index in [-0.39, 0.29) is 0 Å². The zero-order chi connectivity index (χ0) is 14.4. The summed E-state index contributed by atoms with van der Waals surface area (Å²) in [5.41, 5.74) is 0. The Balaban J connectivity index is 2.18. The molecule has 0 fully saturated rings. The van der Waals surface area contributed by atoms with Gasteiger partial charge < -0.3 is 10.6 Å². The Morgan fingerprint density at radius 1 is 1.30 bits per heavy atom. The number of imidazole rings is 1. The molecule has 0 aliphatic heterocycles. The van der Waals surface area contributed by atoms with Crippen LogP contribution in [-0.4, -0.2) is 49.1 Å². The molecule has 7 nitrogen and oxygen atoms in total. The third kappa shape index (κ3) is 3.83. The van der Waals surface area contributed by atoms with Gasteiger partial charge >= 0.3 is 0 Å². The molecule has 2 rings (SSSR count). The largest absolute Gasteiger partial charge is 0.357 e. The predicted octanol–water partition coefficient (Wildman–Crippen LogP) is 1.65. The Bertz CT molecular complexity index is 529. The predicted molar refractivity (Wildman–Crippen MR) is 82.6 cm³/mol. The van der Waals surface area contributed by atoms with E-state index in [1.807, 2.05) is 11.8 Å². The SMILES string of the molecule is CCSCC(C)Nc1nc(NC)nc(-n2ccnc2)n1. The van der Waals surface area contributed by atoms with Gasteiger partial charge in [-0.15, -0.1) is 0 Å². The number of nitrogens with one attached hydrogen (secondary N) is 2. The molecule has 0 bridgehead atoms. The van der Waals surface area contributed by atoms with E-state index in [0.717, 1.165) is 11.5 Å². The molecule has 0 aromatic carbocycles. The second-order valence-electron chi connectivity index (χ2n) is 4.21. The lowest BCUT2D eigenvalue weighted by molar-refractivity contribution is 0.851. The summed E-state index contributed by atoms with van der Waals surface area (Å²) in [6.07, 6.45) is 5.15. The molecule has 2 aromatic rings. The highest BCUT2D eigenvalue weighted by Crippen LogP contribution is 2.11. The third-order valence-corrected chi connectivity index (χ3v) is 3.67. The highest BCUT2D eigenvalue weighted by molar-refractivity contribution is 7.99. The smallest absolute Gasteiger partial charge is 0.241 e. The van der Waals surface area contributed by atoms with Crippen molar-refractivity contribution >= 4 is 23.7 Å². The van der Waals surface area contributed by atoms with Crippen LogP contribution >= 0.6 is 11.8 Å². The summed E-state index contributed by atoms with van der Waals surface area (Å²) in [6, 6.07) is 0.294. The van der Waals surface area contributed by atoms with Crippen LogP contribution in [0.3, 0.4) is 0 Å². The summed E-state index contributed by atoms with van der Waals surface area (Å²) in [7, 11) is 1.78. The standard InChI is InChI=1S/C12H19N7S/c1-4-20-7-9(2)15-11-16-10(13-3)17-12(18-11)19-6-5-14-8-19/h5-6,8-9H,4,7H2,1-3H3,(H2,13,15,16,17,18). The van der Waals surface area contributed by atoms with E-state index in [9.17, 15) is 0 Å². The fraction of sp³-hybridized carbons (Fsp3) is 0.500. The van der Waals surface area contributed by atoms with E-state index in [2.05, 4.69) is 44.4 Å². The molecule has 2 aromatic heterocycles. The van der Waals surface area contributed by atoms with Gasteiger partial charge in [0.1, 0.15) is 6.33 Å². The zero-order valence-corrected chi connectivity index (χ0v) is 12.7. The number of thioether (sulfide) groups is 1. The number of hydrogen-bond donors (Lipinski definition) is 2. The molecule has 0 saturated heterocycles. The van der Waals surface area contributed by atoms with Crippen molar-refractivity contribution in [3.05, 3.63) is 18.7 Å². The highest BCUT2D eigenvalue weighted by atomic mass is 32.2. The molecule has 0 amide bonds. The monoisotopic (exact) mass is 293 g/mol. The van der Waals surface area contributed by atoms with Crippen molar-refractivity contribution in [2.45, 2.75) is 19.9 Å². The second kappa shape index (κ2) is 7.09. The first-order chi connectivity index (χ1) is 9.72. The van der Waals surface area contributed by atoms with E-state index >= 15 is 0 Å². The summed E-state index contributed by atoms with van der Waals surface area (Å²) in [5.74, 6) is 3.75. The Morgan fingerprint density at radius 2 is 2.10 bits per heavy atom. The molecule has 2 N–H and O–H groups in total. The van der Waals surface area contributed by atoms with Crippen molar-refractivity contribution < 1.29 is 0 Å². The first-order valence-corrected chi connectivity index (χ1v) is 7.64. The summed E-state index contributed by atoms with van der Waals surface area (Å²) in [5, 5.41) is 6.24. The first kappa shape index (κ1) is 14.6. The summed E-state index contributed by atoms with van der Waals surface area (Å²) < 4.78 is 1.75. The van der Waals surface area contributed by atoms with Crippen LogP contribution < -0.4 is 10.6 Å². The molecule has 1 unspecified atom stereocenters. The van der Waals surface area contributed by atoms with Crippen LogP contribution in [0.1, 0.15) is 13.8 Å². The van der Waals surface area contributed by atoms with E-state index < -0.39 is 0 Å². The maximum Gasteiger partial charge on any atom is 0.241 e. The minimum Gasteiger partial charge on any atom is -0.357 e. The lowest BCUT2D eigenvalue weighted by Gasteiger charge is -2.14. The number of rotatable bonds is 7. The van der Waals surface area contributed by atoms with Gasteiger partial charge in [-0.2, -0.15) is 26.7 Å². The highest BCUT2D eigenvalue weighted by Gasteiger charge is 2.09. The van der Waals surface area contributed by atoms with E-state index in [1.165, 1.54) is 0 Å². The van der Waals surface area contributed by atoms with Crippen LogP contribution in [0, 0.1) is 0 Å². The maximum absolute atomic E-state index is 4.41. The van der Waals surface area contributed by atoms with Crippen molar-refractivity contribution in [3.8, 4) is 5.95 Å². The number of nitrogens with zero attached hydrogens (tertiary/aromatic N) is 5. The molecule has 0 radical (unpaired) electrons. The third-order valence-electron chi connectivity index (χ3n) is 2.53. The summed E-state index contributed by atoms with van der Waals surface area (Å²) in [4.78, 5) is 17.0. The molecule has 0 aliphatic carbocycles. The Kier molecular flexibility index (Phi) is 5.16. The van der Waals surface area contributed by atoms with Crippen LogP contribution in [0.2, 0.25) is 0 Å². The molecule has 2 heterocycles. The lowest BCUT2D eigenvalue weighted by atomic mass is 10.4. The summed E-state index contributed by atoms with van der Waals surface area (Å²) in [6.45, 7) is 4.26. The maximum atomic E-state index is 4.41. The van der Waals surface area contributed by atoms with E-state index in [4.69, 9.17) is 0 Å². The zero-order valence-electron chi connectivity index (χ0n) is 11.9. The number of aromatic nitrogens is 5. The molecule has 0 saturated carbocycles. The molecule has 20 heavy (non-hydrogen) atoms. The molecular weight excluding hydrogens is 274 g/mol. The first-order valence-electron chi connectivity index (χ1n) is 6.49. The number of hydrogen-bond acceptors (Lipinski definition) is 7. The van der Waals surface area contributed by atoms with Gasteiger partial charge in [-0.25, -0.2) is 4.98 Å². The Morgan fingerprint density at radius 3 is 2.75 bits per heavy atom. The number of anilines is 2. The molecule has 0 aliphatic rings. The average Bonchev–Trinajstić information content (AvgIpc) is 2.99. The lowest BCUT2D eigenvalue weighted by Crippen LogP contribution is -2.21. The van der Waals surface area contributed by atoms with Gasteiger partial charge in [0.2, 0.25) is 17.8 Å². The van der Waals surface area contributed by atoms with Crippen LogP contribution in [0.5, 0.6) is 0 Å². The van der Waals surface area contributed by atoms with Gasteiger partial charge in [-0.1, -0.05) is 6.92 Å². The van der Waals surface area contributed by atoms with Crippen molar-refractivity contribution in [2.24, 2.45) is 0 Å². The van der Waals surface area contributed by atoms with Gasteiger partial charge in [-0.05, 0) is 12.7 Å². The van der Waals surface area contributed by atoms with Gasteiger partial charge in [0.15, 0.2) is 0 Å². The van der Waals surface area contributed by atoms with E-state index in [1.54, 1.807) is 30.3 Å². The quantitative estimate of drug-likeness (QED) is 0.803. The minimum absolute atomic E-state index is 0.294. The molecule has 108 valence electrons. The van der Waals surface area contributed by atoms with Gasteiger partial charge in [0, 0.05) is 31.2 Å². The van der Waals surface area contributed by atoms with Crippen LogP contribution in [0.15, 0.2) is 18.7 Å². The van der Waals surface area contributed by atoms with E-state index in [0.29, 0.717) is 23.9 Å². The normalized spacial score (nSPS) is 12.2. The van der Waals surface area contributed by atoms with Gasteiger partial charge in [0.05, 0.1) is 0 Å². The summed E-state index contributed by atoms with van der Waals surface area (Å²) >= 11 is 1.88.